The van der Waals surface area contributed by atoms with Gasteiger partial charge in [-0.05, 0) is 12.1 Å². The van der Waals surface area contributed by atoms with Gasteiger partial charge in [0.2, 0.25) is 5.91 Å². The Balaban J connectivity index is 0.000000310. The molecular weight excluding hydrogens is 188 g/mol. The topological polar surface area (TPSA) is 73.1 Å². The number of primary amides is 1. The van der Waals surface area contributed by atoms with Crippen molar-refractivity contribution in [2.45, 2.75) is 0 Å². The van der Waals surface area contributed by atoms with Crippen LogP contribution in [0.25, 0.3) is 0 Å². The van der Waals surface area contributed by atoms with E-state index in [1.54, 1.807) is 30.8 Å². The van der Waals surface area contributed by atoms with E-state index >= 15 is 0 Å². The second-order valence-electron chi connectivity index (χ2n) is 2.35. The van der Waals surface area contributed by atoms with E-state index in [2.05, 4.69) is 4.98 Å². The van der Waals surface area contributed by atoms with Gasteiger partial charge in [-0.3, -0.25) is 14.0 Å². The number of pyridine rings is 1. The molecule has 13 heavy (non-hydrogen) atoms. The molecule has 0 aliphatic rings. The summed E-state index contributed by atoms with van der Waals surface area (Å²) >= 11 is 0. The van der Waals surface area contributed by atoms with Crippen molar-refractivity contribution in [3.05, 3.63) is 30.1 Å². The van der Waals surface area contributed by atoms with Gasteiger partial charge in [0.15, 0.2) is 0 Å². The van der Waals surface area contributed by atoms with Crippen molar-refractivity contribution in [2.24, 2.45) is 5.73 Å². The maximum atomic E-state index is 10.4. The van der Waals surface area contributed by atoms with E-state index in [1.807, 2.05) is 0 Å². The minimum absolute atomic E-state index is 0.442. The molecule has 1 aromatic rings. The van der Waals surface area contributed by atoms with Crippen molar-refractivity contribution in [3.8, 4) is 0 Å². The average Bonchev–Trinajstić information content (AvgIpc) is 2.05. The van der Waals surface area contributed by atoms with Gasteiger partial charge >= 0.3 is 0 Å². The smallest absolute Gasteiger partial charge is 0.250 e. The summed E-state index contributed by atoms with van der Waals surface area (Å²) < 4.78 is 9.56. The van der Waals surface area contributed by atoms with Crippen molar-refractivity contribution in [1.82, 2.24) is 4.98 Å². The van der Waals surface area contributed by atoms with Crippen LogP contribution in [0, 0.1) is 0 Å². The third-order valence-corrected chi connectivity index (χ3v) is 0.946. The summed E-state index contributed by atoms with van der Waals surface area (Å²) in [5, 5.41) is 0. The summed E-state index contributed by atoms with van der Waals surface area (Å²) in [6, 6.07) is 3.29. The Hall–Kier alpha value is -1.23. The molecule has 0 aromatic carbocycles. The Labute approximate surface area is 79.6 Å². The summed E-state index contributed by atoms with van der Waals surface area (Å²) in [5.74, 6) is -0.442. The summed E-state index contributed by atoms with van der Waals surface area (Å²) in [5.41, 5.74) is 5.38. The average molecular weight is 200 g/mol. The molecular formula is C8H12N2O2S. The lowest BCUT2D eigenvalue weighted by atomic mass is 10.3. The molecule has 1 aromatic heterocycles. The van der Waals surface area contributed by atoms with Crippen LogP contribution >= 0.6 is 0 Å². The monoisotopic (exact) mass is 200 g/mol. The molecule has 0 unspecified atom stereocenters. The summed E-state index contributed by atoms with van der Waals surface area (Å²) in [7, 11) is -0.611. The van der Waals surface area contributed by atoms with E-state index in [0.29, 0.717) is 5.56 Å². The fraction of sp³-hybridized carbons (Fsp3) is 0.250. The van der Waals surface area contributed by atoms with Gasteiger partial charge in [-0.2, -0.15) is 0 Å². The quantitative estimate of drug-likeness (QED) is 0.702. The van der Waals surface area contributed by atoms with E-state index in [9.17, 15) is 9.00 Å². The van der Waals surface area contributed by atoms with Gasteiger partial charge in [-0.1, -0.05) is 0 Å². The highest BCUT2D eigenvalue weighted by Crippen LogP contribution is 1.91. The molecule has 0 atom stereocenters. The molecule has 4 nitrogen and oxygen atoms in total. The molecule has 72 valence electrons. The van der Waals surface area contributed by atoms with Gasteiger partial charge in [-0.15, -0.1) is 0 Å². The normalized spacial score (nSPS) is 8.85. The fourth-order valence-electron chi connectivity index (χ4n) is 0.509. The molecule has 0 saturated carbocycles. The van der Waals surface area contributed by atoms with Crippen LogP contribution in [0.2, 0.25) is 0 Å². The van der Waals surface area contributed by atoms with Gasteiger partial charge in [0.05, 0.1) is 5.56 Å². The van der Waals surface area contributed by atoms with E-state index in [0.717, 1.165) is 0 Å². The first-order valence-electron chi connectivity index (χ1n) is 3.49. The third kappa shape index (κ3) is 7.14. The standard InChI is InChI=1S/C6H6N2O.C2H6OS/c7-6(9)5-2-1-3-8-4-5;1-4(2)3/h1-4H,(H2,7,9);1-2H3. The predicted octanol–water partition coefficient (Wildman–Crippen LogP) is 0.175. The molecule has 0 saturated heterocycles. The minimum Gasteiger partial charge on any atom is -0.366 e. The van der Waals surface area contributed by atoms with E-state index in [1.165, 1.54) is 6.20 Å². The fourth-order valence-corrected chi connectivity index (χ4v) is 0.509. The molecule has 0 aliphatic heterocycles. The Morgan fingerprint density at radius 2 is 2.08 bits per heavy atom. The number of hydrogen-bond donors (Lipinski definition) is 1. The summed E-state index contributed by atoms with van der Waals surface area (Å²) in [6.07, 6.45) is 6.30. The molecule has 1 rings (SSSR count). The number of rotatable bonds is 1. The molecule has 0 aliphatic carbocycles. The summed E-state index contributed by atoms with van der Waals surface area (Å²) in [6.45, 7) is 0. The van der Waals surface area contributed by atoms with Crippen LogP contribution in [0.15, 0.2) is 24.5 Å². The van der Waals surface area contributed by atoms with Crippen LogP contribution in [-0.4, -0.2) is 27.6 Å². The highest BCUT2D eigenvalue weighted by molar-refractivity contribution is 7.83. The number of hydrogen-bond acceptors (Lipinski definition) is 3. The highest BCUT2D eigenvalue weighted by atomic mass is 32.2. The lowest BCUT2D eigenvalue weighted by Crippen LogP contribution is -2.10. The second-order valence-corrected chi connectivity index (χ2v) is 3.83. The molecule has 2 N–H and O–H groups in total. The lowest BCUT2D eigenvalue weighted by Gasteiger charge is -1.88. The van der Waals surface area contributed by atoms with E-state index < -0.39 is 16.7 Å². The maximum absolute atomic E-state index is 10.4. The van der Waals surface area contributed by atoms with Crippen LogP contribution in [0.3, 0.4) is 0 Å². The molecule has 1 amide bonds. The second kappa shape index (κ2) is 6.30. The van der Waals surface area contributed by atoms with Crippen LogP contribution < -0.4 is 5.73 Å². The van der Waals surface area contributed by atoms with Gasteiger partial charge in [0.25, 0.3) is 0 Å². The third-order valence-electron chi connectivity index (χ3n) is 0.946. The van der Waals surface area contributed by atoms with Crippen molar-refractivity contribution < 1.29 is 9.00 Å². The number of carbonyl (C=O) groups excluding carboxylic acids is 1. The zero-order valence-electron chi connectivity index (χ0n) is 7.56. The van der Waals surface area contributed by atoms with Crippen molar-refractivity contribution in [3.63, 3.8) is 0 Å². The zero-order valence-corrected chi connectivity index (χ0v) is 8.38. The Bertz CT molecular complexity index is 283. The van der Waals surface area contributed by atoms with Crippen molar-refractivity contribution in [2.75, 3.05) is 12.5 Å². The Morgan fingerprint density at radius 3 is 2.31 bits per heavy atom. The molecule has 0 fully saturated rings. The Morgan fingerprint density at radius 1 is 1.54 bits per heavy atom. The van der Waals surface area contributed by atoms with E-state index in [-0.39, 0.29) is 0 Å². The SMILES string of the molecule is CS(C)=O.NC(=O)c1cccnc1. The van der Waals surface area contributed by atoms with Crippen LogP contribution in [0.4, 0.5) is 0 Å². The molecule has 0 spiro atoms. The number of nitrogens with two attached hydrogens (primary N) is 1. The first-order chi connectivity index (χ1) is 6.04. The molecule has 0 radical (unpaired) electrons. The highest BCUT2D eigenvalue weighted by Gasteiger charge is 1.94. The maximum Gasteiger partial charge on any atom is 0.250 e. The van der Waals surface area contributed by atoms with Crippen LogP contribution in [-0.2, 0) is 10.8 Å². The predicted molar refractivity (Wildman–Crippen MR) is 52.7 cm³/mol. The van der Waals surface area contributed by atoms with Crippen LogP contribution in [0.1, 0.15) is 10.4 Å². The number of amides is 1. The number of aromatic nitrogens is 1. The molecule has 5 heteroatoms. The summed E-state index contributed by atoms with van der Waals surface area (Å²) in [4.78, 5) is 14.1. The molecule has 1 heterocycles. The minimum atomic E-state index is -0.611. The Kier molecular flexibility index (Phi) is 5.71. The largest absolute Gasteiger partial charge is 0.366 e. The molecule has 0 bridgehead atoms. The van der Waals surface area contributed by atoms with Gasteiger partial charge in [0.1, 0.15) is 0 Å². The number of nitrogens with zero attached hydrogens (tertiary/aromatic N) is 1. The first-order valence-corrected chi connectivity index (χ1v) is 5.45. The van der Waals surface area contributed by atoms with Crippen molar-refractivity contribution in [1.29, 1.82) is 0 Å². The number of carbonyl (C=O) groups is 1. The van der Waals surface area contributed by atoms with E-state index in [4.69, 9.17) is 5.73 Å². The van der Waals surface area contributed by atoms with Crippen LogP contribution in [0.5, 0.6) is 0 Å². The first kappa shape index (κ1) is 11.8. The van der Waals surface area contributed by atoms with Gasteiger partial charge in [-0.25, -0.2) is 0 Å². The zero-order chi connectivity index (χ0) is 10.3. The van der Waals surface area contributed by atoms with Gasteiger partial charge in [0, 0.05) is 35.7 Å². The van der Waals surface area contributed by atoms with Crippen molar-refractivity contribution >= 4 is 16.7 Å². The van der Waals surface area contributed by atoms with Gasteiger partial charge < -0.3 is 5.73 Å². The lowest BCUT2D eigenvalue weighted by molar-refractivity contribution is 0.1000.